The third kappa shape index (κ3) is 2.37. The first-order chi connectivity index (χ1) is 9.99. The summed E-state index contributed by atoms with van der Waals surface area (Å²) in [5.74, 6) is 1.27. The Balaban J connectivity index is 1.94. The van der Waals surface area contributed by atoms with Crippen molar-refractivity contribution in [3.63, 3.8) is 0 Å². The van der Waals surface area contributed by atoms with Gasteiger partial charge in [0.05, 0.1) is 11.3 Å². The standard InChI is InChI=1S/C15H20N4OS/c1-9-10(2)21-14-12(9)13(16-8-17-14)19-6-5-11(7-19)15(20)18(3)4/h8,11H,5-7H2,1-4H3. The molecule has 0 saturated carbocycles. The van der Waals surface area contributed by atoms with E-state index in [-0.39, 0.29) is 11.8 Å². The lowest BCUT2D eigenvalue weighted by molar-refractivity contribution is -0.132. The summed E-state index contributed by atoms with van der Waals surface area (Å²) < 4.78 is 0. The molecule has 21 heavy (non-hydrogen) atoms. The van der Waals surface area contributed by atoms with Crippen LogP contribution in [-0.2, 0) is 4.79 Å². The third-order valence-electron chi connectivity index (χ3n) is 4.22. The van der Waals surface area contributed by atoms with E-state index in [4.69, 9.17) is 0 Å². The van der Waals surface area contributed by atoms with E-state index in [1.807, 2.05) is 14.1 Å². The maximum atomic E-state index is 12.1. The predicted octanol–water partition coefficient (Wildman–Crippen LogP) is 2.22. The molecule has 0 N–H and O–H groups in total. The van der Waals surface area contributed by atoms with Gasteiger partial charge in [-0.25, -0.2) is 9.97 Å². The maximum absolute atomic E-state index is 12.1. The Morgan fingerprint density at radius 1 is 1.38 bits per heavy atom. The number of carbonyl (C=O) groups excluding carboxylic acids is 1. The second-order valence-corrected chi connectivity index (χ2v) is 7.03. The van der Waals surface area contributed by atoms with Gasteiger partial charge in [-0.15, -0.1) is 11.3 Å². The Kier molecular flexibility index (Phi) is 3.57. The molecule has 1 saturated heterocycles. The fourth-order valence-corrected chi connectivity index (χ4v) is 3.91. The molecule has 1 fully saturated rings. The van der Waals surface area contributed by atoms with Gasteiger partial charge in [0.25, 0.3) is 0 Å². The van der Waals surface area contributed by atoms with Crippen molar-refractivity contribution in [3.8, 4) is 0 Å². The molecule has 0 radical (unpaired) electrons. The monoisotopic (exact) mass is 304 g/mol. The molecule has 2 aromatic rings. The fraction of sp³-hybridized carbons (Fsp3) is 0.533. The number of aromatic nitrogens is 2. The smallest absolute Gasteiger partial charge is 0.227 e. The largest absolute Gasteiger partial charge is 0.355 e. The van der Waals surface area contributed by atoms with E-state index in [1.165, 1.54) is 10.4 Å². The molecule has 0 bridgehead atoms. The molecule has 1 atom stereocenters. The zero-order chi connectivity index (χ0) is 15.1. The summed E-state index contributed by atoms with van der Waals surface area (Å²) in [4.78, 5) is 27.2. The Morgan fingerprint density at radius 2 is 2.14 bits per heavy atom. The van der Waals surface area contributed by atoms with Gasteiger partial charge in [0, 0.05) is 32.1 Å². The van der Waals surface area contributed by atoms with Crippen LogP contribution >= 0.6 is 11.3 Å². The SMILES string of the molecule is Cc1sc2ncnc(N3CCC(C(=O)N(C)C)C3)c2c1C. The summed E-state index contributed by atoms with van der Waals surface area (Å²) in [6.45, 7) is 5.87. The molecule has 5 nitrogen and oxygen atoms in total. The van der Waals surface area contributed by atoms with Gasteiger partial charge in [0.1, 0.15) is 17.0 Å². The molecule has 112 valence electrons. The van der Waals surface area contributed by atoms with Crippen molar-refractivity contribution >= 4 is 33.3 Å². The van der Waals surface area contributed by atoms with Crippen LogP contribution in [-0.4, -0.2) is 48.0 Å². The van der Waals surface area contributed by atoms with Crippen LogP contribution in [0.25, 0.3) is 10.2 Å². The summed E-state index contributed by atoms with van der Waals surface area (Å²) in [6.07, 6.45) is 2.53. The van der Waals surface area contributed by atoms with E-state index in [0.717, 1.165) is 35.5 Å². The predicted molar refractivity (Wildman–Crippen MR) is 85.9 cm³/mol. The molecule has 0 aromatic carbocycles. The minimum Gasteiger partial charge on any atom is -0.355 e. The summed E-state index contributed by atoms with van der Waals surface area (Å²) in [7, 11) is 3.64. The van der Waals surface area contributed by atoms with Gasteiger partial charge in [-0.05, 0) is 25.8 Å². The van der Waals surface area contributed by atoms with Crippen LogP contribution in [0, 0.1) is 19.8 Å². The van der Waals surface area contributed by atoms with E-state index in [9.17, 15) is 4.79 Å². The normalized spacial score (nSPS) is 18.5. The number of amides is 1. The van der Waals surface area contributed by atoms with E-state index in [0.29, 0.717) is 0 Å². The molecule has 0 spiro atoms. The highest BCUT2D eigenvalue weighted by atomic mass is 32.1. The summed E-state index contributed by atoms with van der Waals surface area (Å²) in [6, 6.07) is 0. The van der Waals surface area contributed by atoms with Gasteiger partial charge in [-0.3, -0.25) is 4.79 Å². The van der Waals surface area contributed by atoms with E-state index >= 15 is 0 Å². The van der Waals surface area contributed by atoms with Gasteiger partial charge in [-0.1, -0.05) is 0 Å². The zero-order valence-corrected chi connectivity index (χ0v) is 13.7. The lowest BCUT2D eigenvalue weighted by Gasteiger charge is -2.19. The molecule has 3 heterocycles. The highest BCUT2D eigenvalue weighted by Crippen LogP contribution is 2.36. The molecule has 1 unspecified atom stereocenters. The minimum atomic E-state index is 0.0741. The van der Waals surface area contributed by atoms with Crippen LogP contribution in [0.5, 0.6) is 0 Å². The average Bonchev–Trinajstić information content (AvgIpc) is 3.04. The number of aryl methyl sites for hydroxylation is 2. The Morgan fingerprint density at radius 3 is 2.86 bits per heavy atom. The van der Waals surface area contributed by atoms with Gasteiger partial charge in [-0.2, -0.15) is 0 Å². The van der Waals surface area contributed by atoms with E-state index in [1.54, 1.807) is 22.6 Å². The van der Waals surface area contributed by atoms with Crippen LogP contribution in [0.2, 0.25) is 0 Å². The number of hydrogen-bond donors (Lipinski definition) is 0. The number of carbonyl (C=O) groups is 1. The maximum Gasteiger partial charge on any atom is 0.227 e. The molecule has 2 aromatic heterocycles. The van der Waals surface area contributed by atoms with Crippen molar-refractivity contribution in [2.24, 2.45) is 5.92 Å². The number of rotatable bonds is 2. The van der Waals surface area contributed by atoms with Gasteiger partial charge in [0.2, 0.25) is 5.91 Å². The Bertz CT molecular complexity index is 694. The number of thiophene rings is 1. The summed E-state index contributed by atoms with van der Waals surface area (Å²) in [5, 5.41) is 1.15. The van der Waals surface area contributed by atoms with Crippen LogP contribution in [0.3, 0.4) is 0 Å². The Hall–Kier alpha value is -1.69. The first kappa shape index (κ1) is 14.3. The number of nitrogens with zero attached hydrogens (tertiary/aromatic N) is 4. The van der Waals surface area contributed by atoms with Crippen molar-refractivity contribution in [1.29, 1.82) is 0 Å². The van der Waals surface area contributed by atoms with Crippen LogP contribution in [0.4, 0.5) is 5.82 Å². The van der Waals surface area contributed by atoms with Crippen LogP contribution < -0.4 is 4.90 Å². The first-order valence-electron chi connectivity index (χ1n) is 7.16. The average molecular weight is 304 g/mol. The van der Waals surface area contributed by atoms with E-state index in [2.05, 4.69) is 28.7 Å². The third-order valence-corrected chi connectivity index (χ3v) is 5.34. The van der Waals surface area contributed by atoms with E-state index < -0.39 is 0 Å². The number of anilines is 1. The molecule has 1 aliphatic heterocycles. The van der Waals surface area contributed by atoms with Gasteiger partial charge in [0.15, 0.2) is 0 Å². The van der Waals surface area contributed by atoms with Gasteiger partial charge >= 0.3 is 0 Å². The highest BCUT2D eigenvalue weighted by Gasteiger charge is 2.31. The van der Waals surface area contributed by atoms with Crippen LogP contribution in [0.15, 0.2) is 6.33 Å². The van der Waals surface area contributed by atoms with Crippen molar-refractivity contribution in [2.75, 3.05) is 32.1 Å². The Labute approximate surface area is 128 Å². The van der Waals surface area contributed by atoms with Crippen molar-refractivity contribution in [3.05, 3.63) is 16.8 Å². The molecular weight excluding hydrogens is 284 g/mol. The lowest BCUT2D eigenvalue weighted by Crippen LogP contribution is -2.32. The van der Waals surface area contributed by atoms with Crippen molar-refractivity contribution in [1.82, 2.24) is 14.9 Å². The quantitative estimate of drug-likeness (QED) is 0.853. The van der Waals surface area contributed by atoms with Crippen molar-refractivity contribution in [2.45, 2.75) is 20.3 Å². The fourth-order valence-electron chi connectivity index (χ4n) is 2.92. The minimum absolute atomic E-state index is 0.0741. The first-order valence-corrected chi connectivity index (χ1v) is 7.97. The molecule has 0 aliphatic carbocycles. The van der Waals surface area contributed by atoms with Crippen LogP contribution in [0.1, 0.15) is 16.9 Å². The molecule has 1 aliphatic rings. The lowest BCUT2D eigenvalue weighted by atomic mass is 10.1. The molecule has 6 heteroatoms. The second kappa shape index (κ2) is 5.26. The highest BCUT2D eigenvalue weighted by molar-refractivity contribution is 7.18. The number of hydrogen-bond acceptors (Lipinski definition) is 5. The molecular formula is C15H20N4OS. The zero-order valence-electron chi connectivity index (χ0n) is 12.9. The van der Waals surface area contributed by atoms with Gasteiger partial charge < -0.3 is 9.80 Å². The second-order valence-electron chi connectivity index (χ2n) is 5.82. The van der Waals surface area contributed by atoms with Crippen molar-refractivity contribution < 1.29 is 4.79 Å². The topological polar surface area (TPSA) is 49.3 Å². The molecule has 1 amide bonds. The number of fused-ring (bicyclic) bond motifs is 1. The summed E-state index contributed by atoms with van der Waals surface area (Å²) >= 11 is 1.71. The summed E-state index contributed by atoms with van der Waals surface area (Å²) in [5.41, 5.74) is 1.26. The molecule has 3 rings (SSSR count).